The molecule has 0 unspecified atom stereocenters. The first kappa shape index (κ1) is 24.6. The van der Waals surface area contributed by atoms with Gasteiger partial charge in [0.05, 0.1) is 12.2 Å². The Balaban J connectivity index is 2.34. The normalized spacial score (nSPS) is 11.2. The molecule has 0 aliphatic carbocycles. The van der Waals surface area contributed by atoms with Crippen molar-refractivity contribution in [1.29, 1.82) is 0 Å². The number of nitrogens with one attached hydrogen (secondary N) is 2. The molecule has 2 rings (SSSR count). The lowest BCUT2D eigenvalue weighted by atomic mass is 10.1. The summed E-state index contributed by atoms with van der Waals surface area (Å²) in [6.45, 7) is 10.9. The molecular formula is C21H34N6O3S. The van der Waals surface area contributed by atoms with E-state index in [1.54, 1.807) is 4.90 Å². The number of anilines is 3. The zero-order chi connectivity index (χ0) is 23.1. The number of carbonyl (C=O) groups excluding carboxylic acids is 1. The van der Waals surface area contributed by atoms with Gasteiger partial charge in [-0.3, -0.25) is 19.1 Å². The van der Waals surface area contributed by atoms with Crippen LogP contribution in [-0.2, 0) is 17.8 Å². The molecule has 2 heterocycles. The molecule has 0 bridgehead atoms. The van der Waals surface area contributed by atoms with Crippen molar-refractivity contribution in [2.24, 2.45) is 5.92 Å². The highest BCUT2D eigenvalue weighted by Crippen LogP contribution is 2.23. The van der Waals surface area contributed by atoms with Crippen molar-refractivity contribution < 1.29 is 4.79 Å². The topological polar surface area (TPSA) is 126 Å². The molecule has 0 spiro atoms. The minimum Gasteiger partial charge on any atom is -0.383 e. The number of amides is 1. The number of nitrogens with zero attached hydrogens (tertiary/aromatic N) is 3. The van der Waals surface area contributed by atoms with Crippen LogP contribution in [0.2, 0.25) is 0 Å². The molecule has 0 aliphatic rings. The predicted molar refractivity (Wildman–Crippen MR) is 127 cm³/mol. The molecule has 0 aliphatic heterocycles. The second-order valence-corrected chi connectivity index (χ2v) is 9.23. The van der Waals surface area contributed by atoms with Crippen LogP contribution in [-0.4, -0.2) is 33.5 Å². The van der Waals surface area contributed by atoms with Crippen molar-refractivity contribution in [1.82, 2.24) is 14.5 Å². The first-order chi connectivity index (χ1) is 14.7. The lowest BCUT2D eigenvalue weighted by Gasteiger charge is -2.26. The summed E-state index contributed by atoms with van der Waals surface area (Å²) in [5, 5.41) is 3.37. The summed E-state index contributed by atoms with van der Waals surface area (Å²) in [5.74, 6) is 0.174. The molecule has 0 radical (unpaired) electrons. The van der Waals surface area contributed by atoms with Crippen molar-refractivity contribution in [2.75, 3.05) is 29.0 Å². The fourth-order valence-corrected chi connectivity index (χ4v) is 4.17. The van der Waals surface area contributed by atoms with E-state index in [4.69, 9.17) is 5.73 Å². The molecule has 0 saturated carbocycles. The number of nitrogens with two attached hydrogens (primary N) is 1. The van der Waals surface area contributed by atoms with Crippen LogP contribution in [0.5, 0.6) is 0 Å². The molecule has 2 aromatic rings. The number of thiazole rings is 1. The van der Waals surface area contributed by atoms with E-state index in [0.717, 1.165) is 36.3 Å². The summed E-state index contributed by atoms with van der Waals surface area (Å²) in [6.07, 6.45) is 3.19. The molecule has 172 valence electrons. The smallest absolute Gasteiger partial charge is 0.330 e. The van der Waals surface area contributed by atoms with Gasteiger partial charge in [-0.25, -0.2) is 9.78 Å². The molecule has 0 aromatic carbocycles. The molecule has 31 heavy (non-hydrogen) atoms. The molecule has 2 aromatic heterocycles. The average Bonchev–Trinajstić information content (AvgIpc) is 3.04. The monoisotopic (exact) mass is 450 g/mol. The van der Waals surface area contributed by atoms with Gasteiger partial charge >= 0.3 is 5.69 Å². The second-order valence-electron chi connectivity index (χ2n) is 8.03. The van der Waals surface area contributed by atoms with Gasteiger partial charge in [-0.2, -0.15) is 0 Å². The summed E-state index contributed by atoms with van der Waals surface area (Å²) in [5.41, 5.74) is 6.28. The predicted octanol–water partition coefficient (Wildman–Crippen LogP) is 2.74. The molecule has 4 N–H and O–H groups in total. The first-order valence-electron chi connectivity index (χ1n) is 10.8. The van der Waals surface area contributed by atoms with Crippen LogP contribution in [0.4, 0.5) is 16.6 Å². The summed E-state index contributed by atoms with van der Waals surface area (Å²) >= 11 is 1.43. The van der Waals surface area contributed by atoms with Gasteiger partial charge in [-0.15, -0.1) is 11.3 Å². The number of carbonyl (C=O) groups is 1. The summed E-state index contributed by atoms with van der Waals surface area (Å²) in [4.78, 5) is 47.2. The van der Waals surface area contributed by atoms with E-state index >= 15 is 0 Å². The minimum absolute atomic E-state index is 0.0634. The molecule has 0 atom stereocenters. The van der Waals surface area contributed by atoms with E-state index in [1.807, 2.05) is 20.8 Å². The fourth-order valence-electron chi connectivity index (χ4n) is 3.25. The Bertz CT molecular complexity index is 1010. The molecule has 10 heteroatoms. The number of unbranched alkanes of at least 4 members (excludes halogenated alkanes) is 1. The number of aromatic amines is 1. The van der Waals surface area contributed by atoms with Crippen molar-refractivity contribution >= 4 is 33.9 Å². The Labute approximate surface area is 186 Å². The Kier molecular flexibility index (Phi) is 8.85. The van der Waals surface area contributed by atoms with Crippen molar-refractivity contribution in [2.45, 2.75) is 66.8 Å². The van der Waals surface area contributed by atoms with Gasteiger partial charge in [0.1, 0.15) is 11.5 Å². The zero-order valence-corrected chi connectivity index (χ0v) is 19.9. The maximum Gasteiger partial charge on any atom is 0.330 e. The second kappa shape index (κ2) is 11.1. The summed E-state index contributed by atoms with van der Waals surface area (Å²) in [7, 11) is 0. The number of aryl methyl sites for hydroxylation is 2. The molecule has 0 saturated heterocycles. The Hall–Kier alpha value is -2.62. The number of hydrogen-bond donors (Lipinski definition) is 3. The van der Waals surface area contributed by atoms with Crippen LogP contribution >= 0.6 is 11.3 Å². The third-order valence-corrected chi connectivity index (χ3v) is 5.98. The quantitative estimate of drug-likeness (QED) is 0.483. The van der Waals surface area contributed by atoms with Crippen molar-refractivity contribution in [3.8, 4) is 0 Å². The van der Waals surface area contributed by atoms with Crippen LogP contribution in [0.1, 0.15) is 57.5 Å². The van der Waals surface area contributed by atoms with E-state index < -0.39 is 11.2 Å². The number of H-pyrrole nitrogens is 1. The SMILES string of the molecule is CCCCn1c(N)c(N(CCC(C)C)CC(=O)Nc2nc(CC)c(C)s2)c(=O)[nH]c1=O. The van der Waals surface area contributed by atoms with Gasteiger partial charge in [0.25, 0.3) is 5.56 Å². The highest BCUT2D eigenvalue weighted by atomic mass is 32.1. The summed E-state index contributed by atoms with van der Waals surface area (Å²) in [6, 6.07) is 0. The van der Waals surface area contributed by atoms with Gasteiger partial charge < -0.3 is 16.0 Å². The Morgan fingerprint density at radius 1 is 1.32 bits per heavy atom. The number of nitrogen functional groups attached to an aromatic ring is 1. The largest absolute Gasteiger partial charge is 0.383 e. The highest BCUT2D eigenvalue weighted by molar-refractivity contribution is 7.15. The molecule has 9 nitrogen and oxygen atoms in total. The third kappa shape index (κ3) is 6.43. The van der Waals surface area contributed by atoms with Crippen LogP contribution in [0.25, 0.3) is 0 Å². The Morgan fingerprint density at radius 3 is 2.61 bits per heavy atom. The van der Waals surface area contributed by atoms with Gasteiger partial charge in [0.15, 0.2) is 5.13 Å². The van der Waals surface area contributed by atoms with E-state index in [-0.39, 0.29) is 24.0 Å². The van der Waals surface area contributed by atoms with Gasteiger partial charge in [0, 0.05) is 18.0 Å². The van der Waals surface area contributed by atoms with E-state index in [9.17, 15) is 14.4 Å². The van der Waals surface area contributed by atoms with Crippen molar-refractivity contribution in [3.63, 3.8) is 0 Å². The molecule has 0 fully saturated rings. The highest BCUT2D eigenvalue weighted by Gasteiger charge is 2.22. The Morgan fingerprint density at radius 2 is 2.03 bits per heavy atom. The van der Waals surface area contributed by atoms with E-state index in [2.05, 4.69) is 29.1 Å². The number of rotatable bonds is 11. The lowest BCUT2D eigenvalue weighted by molar-refractivity contribution is -0.115. The first-order valence-corrected chi connectivity index (χ1v) is 11.6. The maximum absolute atomic E-state index is 12.8. The standard InChI is InChI=1S/C21H34N6O3S/c1-6-8-10-27-18(22)17(19(29)25-21(27)30)26(11-9-13(3)4)12-16(28)24-20-23-15(7-2)14(5)31-20/h13H,6-12,22H2,1-5H3,(H,23,24,28)(H,25,29,30). The van der Waals surface area contributed by atoms with Crippen LogP contribution in [0, 0.1) is 12.8 Å². The van der Waals surface area contributed by atoms with E-state index in [1.165, 1.54) is 15.9 Å². The summed E-state index contributed by atoms with van der Waals surface area (Å²) < 4.78 is 1.37. The average molecular weight is 451 g/mol. The van der Waals surface area contributed by atoms with Crippen LogP contribution in [0.3, 0.4) is 0 Å². The minimum atomic E-state index is -0.579. The van der Waals surface area contributed by atoms with Gasteiger partial charge in [0.2, 0.25) is 5.91 Å². The van der Waals surface area contributed by atoms with Gasteiger partial charge in [-0.1, -0.05) is 34.1 Å². The third-order valence-electron chi connectivity index (χ3n) is 5.05. The fraction of sp³-hybridized carbons (Fsp3) is 0.619. The number of aromatic nitrogens is 3. The zero-order valence-electron chi connectivity index (χ0n) is 19.1. The van der Waals surface area contributed by atoms with E-state index in [0.29, 0.717) is 24.1 Å². The van der Waals surface area contributed by atoms with Crippen LogP contribution in [0.15, 0.2) is 9.59 Å². The lowest BCUT2D eigenvalue weighted by Crippen LogP contribution is -2.42. The van der Waals surface area contributed by atoms with Crippen molar-refractivity contribution in [3.05, 3.63) is 31.4 Å². The number of hydrogen-bond acceptors (Lipinski definition) is 7. The maximum atomic E-state index is 12.8. The molecule has 1 amide bonds. The molecular weight excluding hydrogens is 416 g/mol. The van der Waals surface area contributed by atoms with Crippen LogP contribution < -0.4 is 27.2 Å². The van der Waals surface area contributed by atoms with Gasteiger partial charge in [-0.05, 0) is 32.1 Å².